The molecule has 1 aliphatic carbocycles. The van der Waals surface area contributed by atoms with E-state index < -0.39 is 23.3 Å². The van der Waals surface area contributed by atoms with Crippen LogP contribution in [0.25, 0.3) is 0 Å². The van der Waals surface area contributed by atoms with Gasteiger partial charge in [0, 0.05) is 16.7 Å². The first-order valence-electron chi connectivity index (χ1n) is 8.19. The van der Waals surface area contributed by atoms with Crippen molar-refractivity contribution in [3.8, 4) is 23.0 Å². The van der Waals surface area contributed by atoms with E-state index in [9.17, 15) is 19.5 Å². The van der Waals surface area contributed by atoms with Gasteiger partial charge in [-0.1, -0.05) is 0 Å². The molecule has 1 N–H and O–H groups in total. The Balaban J connectivity index is 2.39. The molecule has 0 bridgehead atoms. The zero-order valence-corrected chi connectivity index (χ0v) is 16.0. The third-order valence-electron chi connectivity index (χ3n) is 4.74. The van der Waals surface area contributed by atoms with Crippen LogP contribution in [0.5, 0.6) is 23.0 Å². The topological polar surface area (TPSA) is 108 Å². The van der Waals surface area contributed by atoms with Gasteiger partial charge in [0.05, 0.1) is 34.0 Å². The number of hydrogen-bond acceptors (Lipinski definition) is 8. The van der Waals surface area contributed by atoms with E-state index in [0.29, 0.717) is 0 Å². The van der Waals surface area contributed by atoms with Gasteiger partial charge in [-0.2, -0.15) is 0 Å². The molecular formula is C20H18O8. The molecule has 0 aliphatic heterocycles. The van der Waals surface area contributed by atoms with Crippen LogP contribution >= 0.6 is 0 Å². The van der Waals surface area contributed by atoms with E-state index in [1.807, 2.05) is 0 Å². The summed E-state index contributed by atoms with van der Waals surface area (Å²) in [6.07, 6.45) is 0. The van der Waals surface area contributed by atoms with Gasteiger partial charge in [-0.3, -0.25) is 9.59 Å². The van der Waals surface area contributed by atoms with Crippen molar-refractivity contribution in [2.24, 2.45) is 0 Å². The highest BCUT2D eigenvalue weighted by molar-refractivity contribution is 6.31. The van der Waals surface area contributed by atoms with E-state index >= 15 is 0 Å². The molecular weight excluding hydrogens is 368 g/mol. The lowest BCUT2D eigenvalue weighted by atomic mass is 9.79. The molecule has 0 saturated heterocycles. The van der Waals surface area contributed by atoms with E-state index in [1.165, 1.54) is 47.5 Å². The fourth-order valence-electron chi connectivity index (χ4n) is 3.43. The molecule has 0 radical (unpaired) electrons. The molecule has 28 heavy (non-hydrogen) atoms. The summed E-state index contributed by atoms with van der Waals surface area (Å²) in [7, 11) is 5.20. The molecule has 0 aromatic heterocycles. The summed E-state index contributed by atoms with van der Waals surface area (Å²) < 4.78 is 20.3. The molecule has 2 aromatic carbocycles. The molecule has 2 aromatic rings. The minimum atomic E-state index is -0.709. The van der Waals surface area contributed by atoms with Crippen molar-refractivity contribution in [2.75, 3.05) is 28.4 Å². The maximum atomic E-state index is 13.2. The number of rotatable bonds is 4. The first-order valence-corrected chi connectivity index (χ1v) is 8.19. The maximum absolute atomic E-state index is 13.2. The van der Waals surface area contributed by atoms with E-state index in [2.05, 4.69) is 0 Å². The quantitative estimate of drug-likeness (QED) is 0.681. The molecule has 1 aliphatic rings. The second kappa shape index (κ2) is 6.88. The summed E-state index contributed by atoms with van der Waals surface area (Å²) >= 11 is 0. The van der Waals surface area contributed by atoms with Crippen LogP contribution in [0, 0.1) is 6.92 Å². The lowest BCUT2D eigenvalue weighted by Gasteiger charge is -2.24. The van der Waals surface area contributed by atoms with Crippen LogP contribution in [0.15, 0.2) is 12.1 Å². The standard InChI is InChI=1S/C20H18O8/c1-8-13-9(6-11(25-2)14(8)20(24)28-5)16(21)10-7-12(26-3)19(27-4)18(23)15(10)17(13)22/h6-7,23H,1-5H3. The van der Waals surface area contributed by atoms with E-state index in [1.54, 1.807) is 0 Å². The molecule has 146 valence electrons. The van der Waals surface area contributed by atoms with Gasteiger partial charge in [-0.15, -0.1) is 0 Å². The van der Waals surface area contributed by atoms with Crippen LogP contribution in [0.3, 0.4) is 0 Å². The minimum Gasteiger partial charge on any atom is -0.504 e. The van der Waals surface area contributed by atoms with Crippen LogP contribution < -0.4 is 14.2 Å². The van der Waals surface area contributed by atoms with Crippen molar-refractivity contribution in [3.05, 3.63) is 45.5 Å². The Kier molecular flexibility index (Phi) is 4.72. The third kappa shape index (κ3) is 2.49. The van der Waals surface area contributed by atoms with Gasteiger partial charge in [0.1, 0.15) is 11.3 Å². The number of ether oxygens (including phenoxy) is 4. The Morgan fingerprint density at radius 2 is 1.43 bits per heavy atom. The fraction of sp³-hybridized carbons (Fsp3) is 0.250. The Morgan fingerprint density at radius 3 is 1.96 bits per heavy atom. The largest absolute Gasteiger partial charge is 0.504 e. The number of carbonyl (C=O) groups is 3. The molecule has 0 amide bonds. The van der Waals surface area contributed by atoms with Gasteiger partial charge in [-0.05, 0) is 24.6 Å². The SMILES string of the molecule is COC(=O)c1c(OC)cc2c(c1C)C(=O)c1c(cc(OC)c(OC)c1O)C2=O. The lowest BCUT2D eigenvalue weighted by Crippen LogP contribution is -2.24. The van der Waals surface area contributed by atoms with Gasteiger partial charge in [0.2, 0.25) is 5.75 Å². The molecule has 0 unspecified atom stereocenters. The highest BCUT2D eigenvalue weighted by atomic mass is 16.5. The Hall–Kier alpha value is -3.55. The number of methoxy groups -OCH3 is 4. The number of esters is 1. The van der Waals surface area contributed by atoms with Crippen LogP contribution in [-0.4, -0.2) is 51.1 Å². The van der Waals surface area contributed by atoms with Gasteiger partial charge in [-0.25, -0.2) is 4.79 Å². The van der Waals surface area contributed by atoms with Gasteiger partial charge >= 0.3 is 5.97 Å². The first-order chi connectivity index (χ1) is 13.3. The third-order valence-corrected chi connectivity index (χ3v) is 4.74. The molecule has 3 rings (SSSR count). The monoisotopic (exact) mass is 386 g/mol. The normalized spacial score (nSPS) is 12.2. The highest BCUT2D eigenvalue weighted by Gasteiger charge is 2.38. The van der Waals surface area contributed by atoms with Crippen LogP contribution in [0.1, 0.15) is 47.8 Å². The second-order valence-corrected chi connectivity index (χ2v) is 6.03. The fourth-order valence-corrected chi connectivity index (χ4v) is 3.43. The van der Waals surface area contributed by atoms with Gasteiger partial charge < -0.3 is 24.1 Å². The molecule has 8 nitrogen and oxygen atoms in total. The second-order valence-electron chi connectivity index (χ2n) is 6.03. The summed E-state index contributed by atoms with van der Waals surface area (Å²) in [5, 5.41) is 10.6. The summed E-state index contributed by atoms with van der Waals surface area (Å²) in [6.45, 7) is 1.52. The molecule has 0 atom stereocenters. The van der Waals surface area contributed by atoms with Crippen molar-refractivity contribution in [2.45, 2.75) is 6.92 Å². The minimum absolute atomic E-state index is 0.00113. The molecule has 0 fully saturated rings. The van der Waals surface area contributed by atoms with Crippen molar-refractivity contribution >= 4 is 17.5 Å². The summed E-state index contributed by atoms with van der Waals surface area (Å²) in [5.41, 5.74) is 0.0826. The zero-order valence-electron chi connectivity index (χ0n) is 16.0. The zero-order chi connectivity index (χ0) is 20.7. The van der Waals surface area contributed by atoms with Crippen molar-refractivity contribution in [3.63, 3.8) is 0 Å². The van der Waals surface area contributed by atoms with E-state index in [0.717, 1.165) is 0 Å². The summed E-state index contributed by atoms with van der Waals surface area (Å²) in [4.78, 5) is 38.5. The van der Waals surface area contributed by atoms with Crippen LogP contribution in [0.4, 0.5) is 0 Å². The number of hydrogen-bond donors (Lipinski definition) is 1. The molecule has 0 saturated carbocycles. The molecule has 8 heteroatoms. The first kappa shape index (κ1) is 19.2. The van der Waals surface area contributed by atoms with E-state index in [4.69, 9.17) is 18.9 Å². The number of ketones is 2. The van der Waals surface area contributed by atoms with Gasteiger partial charge in [0.15, 0.2) is 23.1 Å². The Bertz CT molecular complexity index is 1040. The van der Waals surface area contributed by atoms with Gasteiger partial charge in [0.25, 0.3) is 0 Å². The summed E-state index contributed by atoms with van der Waals surface area (Å²) in [6, 6.07) is 2.67. The molecule has 0 spiro atoms. The van der Waals surface area contributed by atoms with Crippen LogP contribution in [-0.2, 0) is 4.74 Å². The number of phenolic OH excluding ortho intramolecular Hbond substituents is 1. The lowest BCUT2D eigenvalue weighted by molar-refractivity contribution is 0.0595. The predicted molar refractivity (Wildman–Crippen MR) is 97.1 cm³/mol. The van der Waals surface area contributed by atoms with Crippen molar-refractivity contribution in [1.82, 2.24) is 0 Å². The maximum Gasteiger partial charge on any atom is 0.341 e. The van der Waals surface area contributed by atoms with Crippen LogP contribution in [0.2, 0.25) is 0 Å². The average Bonchev–Trinajstić information content (AvgIpc) is 2.69. The number of fused-ring (bicyclic) bond motifs is 2. The predicted octanol–water partition coefficient (Wildman–Crippen LogP) is 2.29. The average molecular weight is 386 g/mol. The van der Waals surface area contributed by atoms with Crippen molar-refractivity contribution < 1.29 is 38.4 Å². The number of carbonyl (C=O) groups excluding carboxylic acids is 3. The Morgan fingerprint density at radius 1 is 0.857 bits per heavy atom. The highest BCUT2D eigenvalue weighted by Crippen LogP contribution is 2.46. The summed E-state index contributed by atoms with van der Waals surface area (Å²) in [5.74, 6) is -2.19. The van der Waals surface area contributed by atoms with Crippen molar-refractivity contribution in [1.29, 1.82) is 0 Å². The van der Waals surface area contributed by atoms with E-state index in [-0.39, 0.29) is 50.6 Å². The molecule has 0 heterocycles. The Labute approximate surface area is 160 Å². The number of aromatic hydroxyl groups is 1. The smallest absolute Gasteiger partial charge is 0.341 e. The number of phenols is 1. The number of benzene rings is 2.